The smallest absolute Gasteiger partial charge is 0.123 e. The molecule has 1 saturated heterocycles. The molecule has 0 unspecified atom stereocenters. The summed E-state index contributed by atoms with van der Waals surface area (Å²) in [4.78, 5) is 4.58. The second-order valence-corrected chi connectivity index (χ2v) is 9.12. The van der Waals surface area contributed by atoms with E-state index >= 15 is 0 Å². The normalized spacial score (nSPS) is 27.9. The Morgan fingerprint density at radius 3 is 2.43 bits per heavy atom. The maximum atomic E-state index is 13.1. The molecule has 1 aliphatic heterocycles. The Hall–Kier alpha value is -1.17. The summed E-state index contributed by atoms with van der Waals surface area (Å²) in [7, 11) is 0. The fourth-order valence-corrected chi connectivity index (χ4v) is 4.73. The van der Waals surface area contributed by atoms with Gasteiger partial charge in [0.05, 0.1) is 18.8 Å². The third-order valence-electron chi connectivity index (χ3n) is 6.50. The van der Waals surface area contributed by atoms with E-state index in [4.69, 9.17) is 4.74 Å². The molecule has 3 rings (SSSR count). The quantitative estimate of drug-likeness (QED) is 0.766. The monoisotopic (exact) mass is 392 g/mol. The van der Waals surface area contributed by atoms with Gasteiger partial charge in [-0.3, -0.25) is 4.90 Å². The van der Waals surface area contributed by atoms with Crippen molar-refractivity contribution in [1.29, 1.82) is 0 Å². The largest absolute Gasteiger partial charge is 0.389 e. The highest BCUT2D eigenvalue weighted by molar-refractivity contribution is 5.46. The molecule has 0 bridgehead atoms. The van der Waals surface area contributed by atoms with E-state index in [1.54, 1.807) is 0 Å². The van der Waals surface area contributed by atoms with Gasteiger partial charge >= 0.3 is 0 Å². The summed E-state index contributed by atoms with van der Waals surface area (Å²) in [5.74, 6) is 1.77. The van der Waals surface area contributed by atoms with Crippen LogP contribution in [0.4, 0.5) is 10.1 Å². The zero-order valence-electron chi connectivity index (χ0n) is 17.7. The van der Waals surface area contributed by atoms with Gasteiger partial charge in [-0.15, -0.1) is 0 Å². The minimum absolute atomic E-state index is 0.197. The van der Waals surface area contributed by atoms with Gasteiger partial charge in [-0.25, -0.2) is 4.39 Å². The molecule has 1 heterocycles. The van der Waals surface area contributed by atoms with E-state index in [2.05, 4.69) is 30.6 Å². The molecule has 0 radical (unpaired) electrons. The summed E-state index contributed by atoms with van der Waals surface area (Å²) in [5.41, 5.74) is 1.07. The Bertz CT molecular complexity index is 587. The predicted octanol–water partition coefficient (Wildman–Crippen LogP) is 3.79. The highest BCUT2D eigenvalue weighted by Gasteiger charge is 2.32. The zero-order chi connectivity index (χ0) is 20.1. The number of piperazine rings is 1. The van der Waals surface area contributed by atoms with E-state index in [9.17, 15) is 9.50 Å². The number of aliphatic hydroxyl groups is 1. The number of β-amino-alcohol motifs (C(OH)–C–C–N with tert-alkyl or cyclic N) is 1. The topological polar surface area (TPSA) is 35.9 Å². The van der Waals surface area contributed by atoms with E-state index < -0.39 is 6.10 Å². The number of hydrogen-bond donors (Lipinski definition) is 1. The first-order chi connectivity index (χ1) is 13.4. The molecular weight excluding hydrogens is 355 g/mol. The first kappa shape index (κ1) is 21.5. The third-order valence-corrected chi connectivity index (χ3v) is 6.50. The van der Waals surface area contributed by atoms with Crippen LogP contribution >= 0.6 is 0 Å². The van der Waals surface area contributed by atoms with Gasteiger partial charge in [-0.2, -0.15) is 0 Å². The molecule has 1 saturated carbocycles. The van der Waals surface area contributed by atoms with Gasteiger partial charge in [0.15, 0.2) is 0 Å². The van der Waals surface area contributed by atoms with Crippen LogP contribution in [0.5, 0.6) is 0 Å². The summed E-state index contributed by atoms with van der Waals surface area (Å²) in [6, 6.07) is 6.70. The molecule has 5 heteroatoms. The van der Waals surface area contributed by atoms with Crippen molar-refractivity contribution >= 4 is 5.69 Å². The van der Waals surface area contributed by atoms with Gasteiger partial charge in [0.2, 0.25) is 0 Å². The van der Waals surface area contributed by atoms with E-state index in [0.717, 1.165) is 44.2 Å². The van der Waals surface area contributed by atoms with Crippen LogP contribution in [0.3, 0.4) is 0 Å². The van der Waals surface area contributed by atoms with Gasteiger partial charge in [0, 0.05) is 38.4 Å². The highest BCUT2D eigenvalue weighted by atomic mass is 19.1. The van der Waals surface area contributed by atoms with E-state index in [-0.39, 0.29) is 11.9 Å². The second-order valence-electron chi connectivity index (χ2n) is 9.12. The van der Waals surface area contributed by atoms with E-state index in [1.807, 2.05) is 12.1 Å². The van der Waals surface area contributed by atoms with Crippen LogP contribution in [0.15, 0.2) is 24.3 Å². The van der Waals surface area contributed by atoms with Crippen LogP contribution in [0.25, 0.3) is 0 Å². The summed E-state index contributed by atoms with van der Waals surface area (Å²) < 4.78 is 19.3. The molecule has 1 aliphatic carbocycles. The number of hydrogen-bond acceptors (Lipinski definition) is 4. The fraction of sp³-hybridized carbons (Fsp3) is 0.739. The second kappa shape index (κ2) is 10.0. The number of rotatable bonds is 7. The van der Waals surface area contributed by atoms with Gasteiger partial charge in [-0.1, -0.05) is 27.2 Å². The van der Waals surface area contributed by atoms with Crippen molar-refractivity contribution in [1.82, 2.24) is 4.90 Å². The minimum atomic E-state index is -0.442. The number of ether oxygens (including phenoxy) is 1. The number of nitrogens with zero attached hydrogens (tertiary/aromatic N) is 2. The van der Waals surface area contributed by atoms with Crippen molar-refractivity contribution < 1.29 is 14.2 Å². The molecule has 0 aromatic heterocycles. The van der Waals surface area contributed by atoms with Gasteiger partial charge in [-0.05, 0) is 54.9 Å². The molecule has 0 spiro atoms. The van der Waals surface area contributed by atoms with Crippen LogP contribution < -0.4 is 4.90 Å². The van der Waals surface area contributed by atoms with E-state index in [0.29, 0.717) is 25.0 Å². The molecule has 2 fully saturated rings. The molecule has 1 N–H and O–H groups in total. The maximum absolute atomic E-state index is 13.1. The highest BCUT2D eigenvalue weighted by Crippen LogP contribution is 2.35. The first-order valence-electron chi connectivity index (χ1n) is 10.9. The molecule has 28 heavy (non-hydrogen) atoms. The van der Waals surface area contributed by atoms with Crippen LogP contribution in [0.2, 0.25) is 0 Å². The fourth-order valence-electron chi connectivity index (χ4n) is 4.73. The summed E-state index contributed by atoms with van der Waals surface area (Å²) in [6.07, 6.45) is 3.50. The number of benzene rings is 1. The Kier molecular flexibility index (Phi) is 7.72. The third kappa shape index (κ3) is 5.91. The Morgan fingerprint density at radius 1 is 1.11 bits per heavy atom. The SMILES string of the molecule is CC(C)[C@@H]1CC[C@H](C)C[C@@H]1OC[C@@H](O)CN1CCN(c2ccc(F)cc2)CC1. The van der Waals surface area contributed by atoms with Crippen LogP contribution in [-0.2, 0) is 4.74 Å². The minimum Gasteiger partial charge on any atom is -0.389 e. The lowest BCUT2D eigenvalue weighted by Gasteiger charge is -2.39. The zero-order valence-corrected chi connectivity index (χ0v) is 17.7. The average molecular weight is 393 g/mol. The Balaban J connectivity index is 1.40. The lowest BCUT2D eigenvalue weighted by Crippen LogP contribution is -2.49. The van der Waals surface area contributed by atoms with Crippen molar-refractivity contribution in [3.8, 4) is 0 Å². The van der Waals surface area contributed by atoms with Crippen molar-refractivity contribution in [3.05, 3.63) is 30.1 Å². The summed E-state index contributed by atoms with van der Waals surface area (Å²) in [6.45, 7) is 11.6. The van der Waals surface area contributed by atoms with Crippen LogP contribution in [0, 0.1) is 23.6 Å². The molecular formula is C23H37FN2O2. The van der Waals surface area contributed by atoms with Crippen LogP contribution in [-0.4, -0.2) is 61.5 Å². The van der Waals surface area contributed by atoms with Crippen LogP contribution in [0.1, 0.15) is 40.0 Å². The molecule has 158 valence electrons. The standard InChI is InChI=1S/C23H37FN2O2/c1-17(2)22-9-4-18(3)14-23(22)28-16-21(27)15-25-10-12-26(13-11-25)20-7-5-19(24)6-8-20/h5-8,17-18,21-23,27H,4,9-16H2,1-3H3/t18-,21-,22-,23-/m0/s1. The van der Waals surface area contributed by atoms with Crippen molar-refractivity contribution in [3.63, 3.8) is 0 Å². The van der Waals surface area contributed by atoms with Gasteiger partial charge in [0.1, 0.15) is 5.82 Å². The van der Waals surface area contributed by atoms with Crippen molar-refractivity contribution in [2.75, 3.05) is 44.2 Å². The Morgan fingerprint density at radius 2 is 1.79 bits per heavy atom. The average Bonchev–Trinajstić information content (AvgIpc) is 2.67. The Labute approximate surface area is 169 Å². The number of aliphatic hydroxyl groups excluding tert-OH is 1. The molecule has 2 aliphatic rings. The predicted molar refractivity (Wildman–Crippen MR) is 112 cm³/mol. The molecule has 1 aromatic rings. The van der Waals surface area contributed by atoms with Gasteiger partial charge < -0.3 is 14.7 Å². The molecule has 0 amide bonds. The molecule has 1 aromatic carbocycles. The first-order valence-corrected chi connectivity index (χ1v) is 10.9. The van der Waals surface area contributed by atoms with Crippen molar-refractivity contribution in [2.45, 2.75) is 52.2 Å². The van der Waals surface area contributed by atoms with E-state index in [1.165, 1.54) is 25.0 Å². The van der Waals surface area contributed by atoms with Gasteiger partial charge in [0.25, 0.3) is 0 Å². The molecule has 4 nitrogen and oxygen atoms in total. The summed E-state index contributed by atoms with van der Waals surface area (Å²) >= 11 is 0. The maximum Gasteiger partial charge on any atom is 0.123 e. The summed E-state index contributed by atoms with van der Waals surface area (Å²) in [5, 5.41) is 10.5. The lowest BCUT2D eigenvalue weighted by atomic mass is 9.75. The lowest BCUT2D eigenvalue weighted by molar-refractivity contribution is -0.0740. The molecule has 4 atom stereocenters. The number of halogens is 1. The number of anilines is 1. The van der Waals surface area contributed by atoms with Crippen molar-refractivity contribution in [2.24, 2.45) is 17.8 Å².